The highest BCUT2D eigenvalue weighted by Gasteiger charge is 2.43. The molecule has 1 fully saturated rings. The van der Waals surface area contributed by atoms with Crippen LogP contribution in [0.2, 0.25) is 0 Å². The molecule has 1 aliphatic rings. The summed E-state index contributed by atoms with van der Waals surface area (Å²) in [6.45, 7) is 2.91. The van der Waals surface area contributed by atoms with Crippen molar-refractivity contribution in [3.05, 3.63) is 32.8 Å². The van der Waals surface area contributed by atoms with Crippen LogP contribution in [0.25, 0.3) is 0 Å². The maximum absolute atomic E-state index is 10.9. The molecule has 0 bridgehead atoms. The molecule has 1 saturated carbocycles. The predicted molar refractivity (Wildman–Crippen MR) is 78.1 cm³/mol. The molecular weight excluding hydrogens is 328 g/mol. The Morgan fingerprint density at radius 1 is 1.55 bits per heavy atom. The maximum Gasteiger partial charge on any atom is 0.287 e. The van der Waals surface area contributed by atoms with Gasteiger partial charge in [-0.3, -0.25) is 10.1 Å². The summed E-state index contributed by atoms with van der Waals surface area (Å²) in [5.74, 6) is 0.473. The molecule has 2 rings (SSSR count). The first-order valence-corrected chi connectivity index (χ1v) is 7.23. The van der Waals surface area contributed by atoms with Crippen molar-refractivity contribution in [2.45, 2.75) is 31.6 Å². The predicted octanol–water partition coefficient (Wildman–Crippen LogP) is 2.50. The molecule has 6 nitrogen and oxygen atoms in total. The van der Waals surface area contributed by atoms with E-state index in [0.29, 0.717) is 10.2 Å². The summed E-state index contributed by atoms with van der Waals surface area (Å²) in [6, 6.07) is 5.03. The number of benzene rings is 1. The average Bonchev–Trinajstić information content (AvgIpc) is 2.39. The molecule has 110 valence electrons. The van der Waals surface area contributed by atoms with Gasteiger partial charge in [-0.05, 0) is 28.5 Å². The van der Waals surface area contributed by atoms with E-state index in [0.717, 1.165) is 13.0 Å². The van der Waals surface area contributed by atoms with Crippen molar-refractivity contribution in [2.24, 2.45) is 0 Å². The van der Waals surface area contributed by atoms with Gasteiger partial charge in [-0.2, -0.15) is 0 Å². The molecule has 1 aromatic rings. The van der Waals surface area contributed by atoms with Crippen LogP contribution in [0, 0.1) is 10.1 Å². The van der Waals surface area contributed by atoms with E-state index in [9.17, 15) is 10.1 Å². The fourth-order valence-corrected chi connectivity index (χ4v) is 2.87. The van der Waals surface area contributed by atoms with Gasteiger partial charge in [-0.1, -0.05) is 13.0 Å². The maximum atomic E-state index is 10.9. The Kier molecular flexibility index (Phi) is 4.95. The van der Waals surface area contributed by atoms with E-state index < -0.39 is 4.92 Å². The lowest BCUT2D eigenvalue weighted by atomic mass is 9.85. The van der Waals surface area contributed by atoms with Gasteiger partial charge in [0, 0.05) is 25.6 Å². The highest BCUT2D eigenvalue weighted by Crippen LogP contribution is 2.37. The number of halogens is 1. The molecule has 3 unspecified atom stereocenters. The summed E-state index contributed by atoms with van der Waals surface area (Å²) >= 11 is 3.23. The van der Waals surface area contributed by atoms with Crippen LogP contribution in [0.1, 0.15) is 13.3 Å². The molecule has 7 heteroatoms. The molecule has 0 heterocycles. The van der Waals surface area contributed by atoms with E-state index in [1.165, 1.54) is 6.07 Å². The normalized spacial score (nSPS) is 25.1. The molecule has 0 aromatic heterocycles. The van der Waals surface area contributed by atoms with Crippen molar-refractivity contribution in [2.75, 3.05) is 13.7 Å². The largest absolute Gasteiger partial charge is 0.486 e. The Balaban J connectivity index is 2.08. The topological polar surface area (TPSA) is 73.6 Å². The molecule has 1 N–H and O–H groups in total. The zero-order chi connectivity index (χ0) is 14.7. The fraction of sp³-hybridized carbons (Fsp3) is 0.538. The number of hydrogen-bond acceptors (Lipinski definition) is 5. The minimum atomic E-state index is -0.438. The van der Waals surface area contributed by atoms with Crippen molar-refractivity contribution in [3.8, 4) is 5.75 Å². The Hall–Kier alpha value is -1.18. The third-order valence-corrected chi connectivity index (χ3v) is 4.20. The molecule has 0 aliphatic heterocycles. The molecule has 0 spiro atoms. The van der Waals surface area contributed by atoms with Crippen LogP contribution in [-0.2, 0) is 4.74 Å². The quantitative estimate of drug-likeness (QED) is 0.633. The highest BCUT2D eigenvalue weighted by molar-refractivity contribution is 9.10. The Labute approximate surface area is 125 Å². The summed E-state index contributed by atoms with van der Waals surface area (Å²) in [4.78, 5) is 10.4. The number of nitrogens with zero attached hydrogens (tertiary/aromatic N) is 1. The van der Waals surface area contributed by atoms with Gasteiger partial charge in [-0.25, -0.2) is 0 Å². The summed E-state index contributed by atoms with van der Waals surface area (Å²) in [5.41, 5.74) is -0.000904. The number of rotatable bonds is 6. The van der Waals surface area contributed by atoms with Crippen LogP contribution < -0.4 is 10.1 Å². The number of methoxy groups -OCH3 is 1. The van der Waals surface area contributed by atoms with Crippen molar-refractivity contribution < 1.29 is 14.4 Å². The lowest BCUT2D eigenvalue weighted by Crippen LogP contribution is -2.60. The average molecular weight is 345 g/mol. The van der Waals surface area contributed by atoms with Crippen molar-refractivity contribution in [3.63, 3.8) is 0 Å². The number of nitrogens with one attached hydrogen (secondary N) is 1. The van der Waals surface area contributed by atoms with Crippen LogP contribution in [0.5, 0.6) is 5.75 Å². The Bertz CT molecular complexity index is 497. The number of likely N-dealkylation sites (N-methyl/N-ethyl adjacent to an activating group) is 1. The van der Waals surface area contributed by atoms with E-state index in [1.807, 2.05) is 6.92 Å². The summed E-state index contributed by atoms with van der Waals surface area (Å²) in [6.07, 6.45) is 0.685. The van der Waals surface area contributed by atoms with E-state index in [1.54, 1.807) is 19.2 Å². The standard InChI is InChI=1S/C13H17BrN2O4/c1-3-15-8-7-11(13(8)19-2)20-10-6-4-5-9(12(10)14)16(17)18/h4-6,8,11,13,15H,3,7H2,1-2H3. The molecule has 1 aliphatic carbocycles. The monoisotopic (exact) mass is 344 g/mol. The van der Waals surface area contributed by atoms with Crippen molar-refractivity contribution in [1.29, 1.82) is 0 Å². The van der Waals surface area contributed by atoms with E-state index in [2.05, 4.69) is 21.2 Å². The van der Waals surface area contributed by atoms with Gasteiger partial charge in [0.05, 0.1) is 4.92 Å². The number of nitro groups is 1. The lowest BCUT2D eigenvalue weighted by Gasteiger charge is -2.43. The van der Waals surface area contributed by atoms with Gasteiger partial charge in [-0.15, -0.1) is 0 Å². The number of hydrogen-bond donors (Lipinski definition) is 1. The third-order valence-electron chi connectivity index (χ3n) is 3.41. The van der Waals surface area contributed by atoms with Crippen molar-refractivity contribution >= 4 is 21.6 Å². The second-order valence-corrected chi connectivity index (χ2v) is 5.40. The molecule has 0 saturated heterocycles. The van der Waals surface area contributed by atoms with Crippen LogP contribution in [-0.4, -0.2) is 36.8 Å². The highest BCUT2D eigenvalue weighted by atomic mass is 79.9. The van der Waals surface area contributed by atoms with Gasteiger partial charge in [0.25, 0.3) is 5.69 Å². The number of ether oxygens (including phenoxy) is 2. The minimum absolute atomic E-state index is 0.000904. The van der Waals surface area contributed by atoms with E-state index in [-0.39, 0.29) is 23.9 Å². The third kappa shape index (κ3) is 2.94. The minimum Gasteiger partial charge on any atom is -0.486 e. The molecule has 0 radical (unpaired) electrons. The van der Waals surface area contributed by atoms with Crippen molar-refractivity contribution in [1.82, 2.24) is 5.32 Å². The first-order chi connectivity index (χ1) is 9.58. The summed E-state index contributed by atoms with van der Waals surface area (Å²) < 4.78 is 11.6. The van der Waals surface area contributed by atoms with Gasteiger partial charge in [0.15, 0.2) is 0 Å². The van der Waals surface area contributed by atoms with Crippen LogP contribution in [0.15, 0.2) is 22.7 Å². The molecule has 20 heavy (non-hydrogen) atoms. The van der Waals surface area contributed by atoms with E-state index >= 15 is 0 Å². The fourth-order valence-electron chi connectivity index (χ4n) is 2.37. The van der Waals surface area contributed by atoms with Gasteiger partial charge < -0.3 is 14.8 Å². The smallest absolute Gasteiger partial charge is 0.287 e. The van der Waals surface area contributed by atoms with Gasteiger partial charge >= 0.3 is 0 Å². The number of nitro benzene ring substituents is 1. The van der Waals surface area contributed by atoms with Crippen LogP contribution >= 0.6 is 15.9 Å². The second kappa shape index (κ2) is 6.51. The van der Waals surface area contributed by atoms with Gasteiger partial charge in [0.1, 0.15) is 22.4 Å². The lowest BCUT2D eigenvalue weighted by molar-refractivity contribution is -0.385. The molecular formula is C13H17BrN2O4. The SMILES string of the molecule is CCNC1CC(Oc2cccc([N+](=O)[O-])c2Br)C1OC. The Morgan fingerprint density at radius 3 is 2.90 bits per heavy atom. The van der Waals surface area contributed by atoms with Gasteiger partial charge in [0.2, 0.25) is 0 Å². The molecule has 0 amide bonds. The first kappa shape index (κ1) is 15.2. The van der Waals surface area contributed by atoms with Crippen LogP contribution in [0.4, 0.5) is 5.69 Å². The first-order valence-electron chi connectivity index (χ1n) is 6.44. The zero-order valence-corrected chi connectivity index (χ0v) is 12.9. The zero-order valence-electron chi connectivity index (χ0n) is 11.3. The second-order valence-electron chi connectivity index (χ2n) is 4.60. The van der Waals surface area contributed by atoms with E-state index in [4.69, 9.17) is 9.47 Å². The molecule has 3 atom stereocenters. The molecule has 1 aromatic carbocycles. The van der Waals surface area contributed by atoms with Crippen LogP contribution in [0.3, 0.4) is 0 Å². The summed E-state index contributed by atoms with van der Waals surface area (Å²) in [7, 11) is 1.65. The summed E-state index contributed by atoms with van der Waals surface area (Å²) in [5, 5.41) is 14.2. The Morgan fingerprint density at radius 2 is 2.30 bits per heavy atom.